The van der Waals surface area contributed by atoms with Crippen LogP contribution in [-0.2, 0) is 9.53 Å². The van der Waals surface area contributed by atoms with Gasteiger partial charge in [0.25, 0.3) is 0 Å². The maximum atomic E-state index is 11.4. The molecule has 6 heteroatoms. The van der Waals surface area contributed by atoms with Crippen molar-refractivity contribution in [1.82, 2.24) is 14.9 Å². The van der Waals surface area contributed by atoms with Gasteiger partial charge in [-0.2, -0.15) is 0 Å². The van der Waals surface area contributed by atoms with Crippen LogP contribution in [0, 0.1) is 0 Å². The Morgan fingerprint density at radius 1 is 1.50 bits per heavy atom. The third-order valence-corrected chi connectivity index (χ3v) is 1.71. The fourth-order valence-electron chi connectivity index (χ4n) is 1.06. The van der Waals surface area contributed by atoms with E-state index in [9.17, 15) is 9.59 Å². The number of rotatable bonds is 4. The Hall–Kier alpha value is -1.85. The van der Waals surface area contributed by atoms with E-state index >= 15 is 0 Å². The lowest BCUT2D eigenvalue weighted by molar-refractivity contribution is -0.147. The Kier molecular flexibility index (Phi) is 4.50. The molecule has 1 aromatic heterocycles. The summed E-state index contributed by atoms with van der Waals surface area (Å²) >= 11 is 0. The molecule has 1 aromatic rings. The van der Waals surface area contributed by atoms with Gasteiger partial charge in [-0.05, 0) is 13.8 Å². The van der Waals surface area contributed by atoms with Crippen molar-refractivity contribution in [2.45, 2.75) is 26.4 Å². The Bertz CT molecular complexity index is 346. The lowest BCUT2D eigenvalue weighted by Crippen LogP contribution is -2.30. The van der Waals surface area contributed by atoms with Gasteiger partial charge in [-0.3, -0.25) is 9.36 Å². The van der Waals surface area contributed by atoms with Gasteiger partial charge in [0.15, 0.2) is 0 Å². The van der Waals surface area contributed by atoms with E-state index in [2.05, 4.69) is 10.3 Å². The second kappa shape index (κ2) is 5.89. The molecule has 0 atom stereocenters. The van der Waals surface area contributed by atoms with E-state index in [1.807, 2.05) is 0 Å². The topological polar surface area (TPSA) is 73.2 Å². The molecule has 1 rings (SSSR count). The highest BCUT2D eigenvalue weighted by Crippen LogP contribution is 1.92. The zero-order valence-corrected chi connectivity index (χ0v) is 9.34. The van der Waals surface area contributed by atoms with Crippen LogP contribution in [-0.4, -0.2) is 34.2 Å². The van der Waals surface area contributed by atoms with Crippen molar-refractivity contribution in [1.29, 1.82) is 0 Å². The van der Waals surface area contributed by atoms with Crippen molar-refractivity contribution >= 4 is 12.0 Å². The van der Waals surface area contributed by atoms with E-state index in [4.69, 9.17) is 4.74 Å². The van der Waals surface area contributed by atoms with Gasteiger partial charge in [0.1, 0.15) is 6.33 Å². The van der Waals surface area contributed by atoms with Crippen molar-refractivity contribution < 1.29 is 14.3 Å². The van der Waals surface area contributed by atoms with Crippen LogP contribution < -0.4 is 5.32 Å². The number of nitrogens with one attached hydrogen (secondary N) is 1. The molecule has 0 aliphatic heterocycles. The number of aromatic nitrogens is 2. The predicted octanol–water partition coefficient (Wildman–Crippen LogP) is 0.782. The van der Waals surface area contributed by atoms with Crippen LogP contribution in [0.1, 0.15) is 20.3 Å². The molecule has 0 aromatic carbocycles. The van der Waals surface area contributed by atoms with E-state index in [1.165, 1.54) is 23.3 Å². The molecule has 0 spiro atoms. The van der Waals surface area contributed by atoms with Crippen LogP contribution in [0.4, 0.5) is 4.79 Å². The largest absolute Gasteiger partial charge is 0.463 e. The molecule has 16 heavy (non-hydrogen) atoms. The Labute approximate surface area is 93.6 Å². The summed E-state index contributed by atoms with van der Waals surface area (Å²) in [4.78, 5) is 26.2. The number of amides is 1. The first kappa shape index (κ1) is 12.2. The number of hydrogen-bond acceptors (Lipinski definition) is 4. The van der Waals surface area contributed by atoms with Crippen LogP contribution >= 0.6 is 0 Å². The van der Waals surface area contributed by atoms with Gasteiger partial charge in [0, 0.05) is 18.9 Å². The van der Waals surface area contributed by atoms with E-state index in [0.29, 0.717) is 0 Å². The molecule has 0 unspecified atom stereocenters. The number of carbonyl (C=O) groups is 2. The number of carbonyl (C=O) groups excluding carboxylic acids is 2. The SMILES string of the molecule is CC(C)OC(=O)CCNC(=O)n1ccnc1. The molecule has 0 fully saturated rings. The van der Waals surface area contributed by atoms with Gasteiger partial charge < -0.3 is 10.1 Å². The molecule has 0 radical (unpaired) electrons. The standard InChI is InChI=1S/C10H15N3O3/c1-8(2)16-9(14)3-4-12-10(15)13-6-5-11-7-13/h5-8H,3-4H2,1-2H3,(H,12,15). The summed E-state index contributed by atoms with van der Waals surface area (Å²) in [5.41, 5.74) is 0. The van der Waals surface area contributed by atoms with Gasteiger partial charge >= 0.3 is 12.0 Å². The van der Waals surface area contributed by atoms with Crippen molar-refractivity contribution in [3.8, 4) is 0 Å². The maximum Gasteiger partial charge on any atom is 0.326 e. The first-order chi connectivity index (χ1) is 7.59. The molecule has 0 saturated carbocycles. The van der Waals surface area contributed by atoms with E-state index in [-0.39, 0.29) is 31.1 Å². The second-order valence-corrected chi connectivity index (χ2v) is 3.49. The highest BCUT2D eigenvalue weighted by Gasteiger charge is 2.07. The minimum absolute atomic E-state index is 0.128. The molecule has 1 amide bonds. The van der Waals surface area contributed by atoms with E-state index in [1.54, 1.807) is 13.8 Å². The Morgan fingerprint density at radius 3 is 2.81 bits per heavy atom. The third-order valence-electron chi connectivity index (χ3n) is 1.71. The maximum absolute atomic E-state index is 11.4. The van der Waals surface area contributed by atoms with Crippen LogP contribution in [0.5, 0.6) is 0 Å². The minimum atomic E-state index is -0.319. The quantitative estimate of drug-likeness (QED) is 0.768. The summed E-state index contributed by atoms with van der Waals surface area (Å²) in [7, 11) is 0. The zero-order chi connectivity index (χ0) is 12.0. The van der Waals surface area contributed by atoms with Gasteiger partial charge in [0.2, 0.25) is 0 Å². The zero-order valence-electron chi connectivity index (χ0n) is 9.34. The first-order valence-corrected chi connectivity index (χ1v) is 5.05. The van der Waals surface area contributed by atoms with Crippen molar-refractivity contribution in [2.75, 3.05) is 6.54 Å². The highest BCUT2D eigenvalue weighted by molar-refractivity contribution is 5.77. The minimum Gasteiger partial charge on any atom is -0.463 e. The summed E-state index contributed by atoms with van der Waals surface area (Å²) < 4.78 is 6.21. The average molecular weight is 225 g/mol. The second-order valence-electron chi connectivity index (χ2n) is 3.49. The summed E-state index contributed by atoms with van der Waals surface area (Å²) in [5, 5.41) is 2.57. The summed E-state index contributed by atoms with van der Waals surface area (Å²) in [6, 6.07) is -0.310. The van der Waals surface area contributed by atoms with Crippen LogP contribution in [0.25, 0.3) is 0 Å². The fraction of sp³-hybridized carbons (Fsp3) is 0.500. The fourth-order valence-corrected chi connectivity index (χ4v) is 1.06. The first-order valence-electron chi connectivity index (χ1n) is 5.05. The average Bonchev–Trinajstić information content (AvgIpc) is 2.68. The molecule has 1 heterocycles. The molecule has 88 valence electrons. The molecule has 1 N–H and O–H groups in total. The van der Waals surface area contributed by atoms with Gasteiger partial charge in [0.05, 0.1) is 12.5 Å². The summed E-state index contributed by atoms with van der Waals surface area (Å²) in [6.07, 6.45) is 4.46. The molecule has 6 nitrogen and oxygen atoms in total. The van der Waals surface area contributed by atoms with Crippen LogP contribution in [0.15, 0.2) is 18.7 Å². The van der Waals surface area contributed by atoms with Gasteiger partial charge in [-0.1, -0.05) is 0 Å². The smallest absolute Gasteiger partial charge is 0.326 e. The number of hydrogen-bond donors (Lipinski definition) is 1. The highest BCUT2D eigenvalue weighted by atomic mass is 16.5. The predicted molar refractivity (Wildman–Crippen MR) is 56.9 cm³/mol. The van der Waals surface area contributed by atoms with E-state index < -0.39 is 0 Å². The van der Waals surface area contributed by atoms with Gasteiger partial charge in [-0.25, -0.2) is 9.78 Å². The van der Waals surface area contributed by atoms with Crippen LogP contribution in [0.3, 0.4) is 0 Å². The molecule has 0 aliphatic rings. The number of nitrogens with zero attached hydrogens (tertiary/aromatic N) is 2. The Morgan fingerprint density at radius 2 is 2.25 bits per heavy atom. The molecular formula is C10H15N3O3. The van der Waals surface area contributed by atoms with Crippen LogP contribution in [0.2, 0.25) is 0 Å². The molecule has 0 saturated heterocycles. The number of esters is 1. The normalized spacial score (nSPS) is 10.2. The third kappa shape index (κ3) is 4.12. The van der Waals surface area contributed by atoms with E-state index in [0.717, 1.165) is 0 Å². The lowest BCUT2D eigenvalue weighted by atomic mass is 10.4. The summed E-state index contributed by atoms with van der Waals surface area (Å²) in [6.45, 7) is 3.81. The van der Waals surface area contributed by atoms with Crippen molar-refractivity contribution in [3.63, 3.8) is 0 Å². The monoisotopic (exact) mass is 225 g/mol. The lowest BCUT2D eigenvalue weighted by Gasteiger charge is -2.08. The van der Waals surface area contributed by atoms with Gasteiger partial charge in [-0.15, -0.1) is 0 Å². The number of imidazole rings is 1. The number of ether oxygens (including phenoxy) is 1. The molecular weight excluding hydrogens is 210 g/mol. The van der Waals surface area contributed by atoms with Crippen molar-refractivity contribution in [3.05, 3.63) is 18.7 Å². The molecule has 0 bridgehead atoms. The summed E-state index contributed by atoms with van der Waals surface area (Å²) in [5.74, 6) is -0.319. The van der Waals surface area contributed by atoms with Crippen molar-refractivity contribution in [2.24, 2.45) is 0 Å². The molecule has 0 aliphatic carbocycles. The Balaban J connectivity index is 2.21.